The van der Waals surface area contributed by atoms with Crippen molar-refractivity contribution in [1.82, 2.24) is 15.2 Å². The van der Waals surface area contributed by atoms with Gasteiger partial charge in [-0.05, 0) is 40.2 Å². The summed E-state index contributed by atoms with van der Waals surface area (Å²) in [7, 11) is 0. The monoisotopic (exact) mass is 388 g/mol. The molecule has 0 bridgehead atoms. The highest BCUT2D eigenvalue weighted by Crippen LogP contribution is 2.22. The van der Waals surface area contributed by atoms with Gasteiger partial charge in [0, 0.05) is 37.0 Å². The van der Waals surface area contributed by atoms with E-state index in [1.165, 1.54) is 11.3 Å². The van der Waals surface area contributed by atoms with Crippen LogP contribution in [0.25, 0.3) is 0 Å². The number of morpholine rings is 1. The van der Waals surface area contributed by atoms with E-state index in [0.29, 0.717) is 6.04 Å². The van der Waals surface area contributed by atoms with Gasteiger partial charge in [0.25, 0.3) is 0 Å². The molecule has 2 aliphatic rings. The fourth-order valence-electron chi connectivity index (χ4n) is 3.66. The second kappa shape index (κ2) is 9.28. The second-order valence-corrected chi connectivity index (χ2v) is 8.02. The first kappa shape index (κ1) is 20.6. The van der Waals surface area contributed by atoms with E-state index in [1.807, 2.05) is 5.38 Å². The van der Waals surface area contributed by atoms with E-state index >= 15 is 0 Å². The van der Waals surface area contributed by atoms with Crippen LogP contribution in [0, 0.1) is 5.92 Å². The number of hydrogen-bond donors (Lipinski definition) is 2. The maximum absolute atomic E-state index is 12.4. The molecule has 2 N–H and O–H groups in total. The lowest BCUT2D eigenvalue weighted by Crippen LogP contribution is -2.44. The Hall–Kier alpha value is -0.730. The summed E-state index contributed by atoms with van der Waals surface area (Å²) < 4.78 is 5.77. The molecular formula is C17H29ClN4O2S. The molecule has 1 aromatic heterocycles. The molecule has 0 aliphatic carbocycles. The van der Waals surface area contributed by atoms with Crippen LogP contribution in [0.3, 0.4) is 0 Å². The number of nitrogens with one attached hydrogen (secondary N) is 2. The molecule has 25 heavy (non-hydrogen) atoms. The van der Waals surface area contributed by atoms with Crippen molar-refractivity contribution < 1.29 is 9.53 Å². The third kappa shape index (κ3) is 5.89. The van der Waals surface area contributed by atoms with Crippen molar-refractivity contribution in [2.45, 2.75) is 58.4 Å². The normalized spacial score (nSPS) is 30.5. The number of carbonyl (C=O) groups is 1. The Balaban J connectivity index is 0.00000225. The van der Waals surface area contributed by atoms with Gasteiger partial charge in [0.1, 0.15) is 0 Å². The maximum Gasteiger partial charge on any atom is 0.229 e. The fraction of sp³-hybridized carbons (Fsp3) is 0.765. The van der Waals surface area contributed by atoms with Crippen molar-refractivity contribution in [3.8, 4) is 0 Å². The van der Waals surface area contributed by atoms with Crippen LogP contribution in [-0.2, 0) is 16.1 Å². The van der Waals surface area contributed by atoms with Crippen molar-refractivity contribution in [3.05, 3.63) is 11.1 Å². The second-order valence-electron chi connectivity index (χ2n) is 7.16. The molecule has 8 heteroatoms. The number of rotatable bonds is 4. The Morgan fingerprint density at radius 2 is 2.12 bits per heavy atom. The summed E-state index contributed by atoms with van der Waals surface area (Å²) >= 11 is 1.52. The van der Waals surface area contributed by atoms with Gasteiger partial charge in [-0.15, -0.1) is 23.7 Å². The van der Waals surface area contributed by atoms with Crippen LogP contribution >= 0.6 is 23.7 Å². The van der Waals surface area contributed by atoms with Gasteiger partial charge in [-0.2, -0.15) is 0 Å². The lowest BCUT2D eigenvalue weighted by atomic mass is 9.93. The van der Waals surface area contributed by atoms with Crippen LogP contribution in [0.4, 0.5) is 5.13 Å². The number of aromatic nitrogens is 1. The maximum atomic E-state index is 12.4. The van der Waals surface area contributed by atoms with E-state index in [-0.39, 0.29) is 36.4 Å². The minimum atomic E-state index is 0. The quantitative estimate of drug-likeness (QED) is 0.829. The number of carbonyl (C=O) groups excluding carboxylic acids is 1. The molecule has 3 heterocycles. The molecule has 2 unspecified atom stereocenters. The first-order chi connectivity index (χ1) is 11.5. The lowest BCUT2D eigenvalue weighted by Gasteiger charge is -2.34. The van der Waals surface area contributed by atoms with E-state index in [9.17, 15) is 4.79 Å². The van der Waals surface area contributed by atoms with Crippen LogP contribution in [-0.4, -0.2) is 53.7 Å². The standard InChI is InChI=1S/C17H28N4O2S.ClH/c1-11-6-14(4-5-18-11)16(22)20-17-19-15(10-24-17)9-21-7-12(2)23-13(3)8-21;/h10-14,18H,4-9H2,1-3H3,(H,19,20,22);1H/t11-,12?,13?,14-;/m0./s1. The molecule has 0 saturated carbocycles. The number of anilines is 1. The summed E-state index contributed by atoms with van der Waals surface area (Å²) in [4.78, 5) is 19.4. The molecule has 2 fully saturated rings. The Labute approximate surface area is 160 Å². The summed E-state index contributed by atoms with van der Waals surface area (Å²) in [5.41, 5.74) is 1.02. The Kier molecular flexibility index (Phi) is 7.64. The van der Waals surface area contributed by atoms with Gasteiger partial charge >= 0.3 is 0 Å². The van der Waals surface area contributed by atoms with Crippen molar-refractivity contribution in [3.63, 3.8) is 0 Å². The van der Waals surface area contributed by atoms with E-state index < -0.39 is 0 Å². The largest absolute Gasteiger partial charge is 0.373 e. The summed E-state index contributed by atoms with van der Waals surface area (Å²) in [6.07, 6.45) is 2.31. The molecule has 2 saturated heterocycles. The first-order valence-corrected chi connectivity index (χ1v) is 9.74. The minimum Gasteiger partial charge on any atom is -0.373 e. The highest BCUT2D eigenvalue weighted by atomic mass is 35.5. The zero-order valence-electron chi connectivity index (χ0n) is 15.2. The number of amides is 1. The number of nitrogens with zero attached hydrogens (tertiary/aromatic N) is 2. The lowest BCUT2D eigenvalue weighted by molar-refractivity contribution is -0.120. The van der Waals surface area contributed by atoms with Gasteiger partial charge in [0.2, 0.25) is 5.91 Å². The van der Waals surface area contributed by atoms with Gasteiger partial charge in [0.15, 0.2) is 5.13 Å². The molecule has 6 nitrogen and oxygen atoms in total. The van der Waals surface area contributed by atoms with Gasteiger partial charge in [0.05, 0.1) is 17.9 Å². The van der Waals surface area contributed by atoms with E-state index in [0.717, 1.165) is 49.8 Å². The van der Waals surface area contributed by atoms with E-state index in [2.05, 4.69) is 41.3 Å². The van der Waals surface area contributed by atoms with Gasteiger partial charge in [-0.1, -0.05) is 0 Å². The first-order valence-electron chi connectivity index (χ1n) is 8.86. The van der Waals surface area contributed by atoms with Crippen molar-refractivity contribution in [2.75, 3.05) is 25.0 Å². The molecule has 3 rings (SSSR count). The average molecular weight is 389 g/mol. The van der Waals surface area contributed by atoms with Gasteiger partial charge in [-0.25, -0.2) is 4.98 Å². The number of ether oxygens (including phenoxy) is 1. The highest BCUT2D eigenvalue weighted by Gasteiger charge is 2.26. The minimum absolute atomic E-state index is 0. The third-order valence-corrected chi connectivity index (χ3v) is 5.46. The predicted molar refractivity (Wildman–Crippen MR) is 103 cm³/mol. The zero-order valence-corrected chi connectivity index (χ0v) is 16.8. The van der Waals surface area contributed by atoms with Crippen molar-refractivity contribution in [2.24, 2.45) is 5.92 Å². The molecule has 0 spiro atoms. The van der Waals surface area contributed by atoms with Gasteiger partial charge < -0.3 is 15.4 Å². The van der Waals surface area contributed by atoms with Crippen molar-refractivity contribution in [1.29, 1.82) is 0 Å². The molecule has 0 radical (unpaired) electrons. The summed E-state index contributed by atoms with van der Waals surface area (Å²) in [5.74, 6) is 0.201. The highest BCUT2D eigenvalue weighted by molar-refractivity contribution is 7.13. The Morgan fingerprint density at radius 1 is 1.40 bits per heavy atom. The van der Waals surface area contributed by atoms with Crippen LogP contribution in [0.1, 0.15) is 39.3 Å². The van der Waals surface area contributed by atoms with E-state index in [4.69, 9.17) is 4.74 Å². The van der Waals surface area contributed by atoms with Crippen LogP contribution in [0.2, 0.25) is 0 Å². The molecule has 2 aliphatic heterocycles. The number of hydrogen-bond acceptors (Lipinski definition) is 6. The summed E-state index contributed by atoms with van der Waals surface area (Å²) in [6.45, 7) is 9.92. The molecule has 1 aromatic rings. The van der Waals surface area contributed by atoms with E-state index in [1.54, 1.807) is 0 Å². The third-order valence-electron chi connectivity index (χ3n) is 4.66. The van der Waals surface area contributed by atoms with Gasteiger partial charge in [-0.3, -0.25) is 9.69 Å². The molecule has 0 aromatic carbocycles. The zero-order chi connectivity index (χ0) is 17.1. The average Bonchev–Trinajstić information content (AvgIpc) is 2.93. The predicted octanol–water partition coefficient (Wildman–Crippen LogP) is 2.50. The molecule has 4 atom stereocenters. The number of piperidine rings is 1. The Bertz CT molecular complexity index is 561. The topological polar surface area (TPSA) is 66.5 Å². The number of thiazole rings is 1. The molecule has 1 amide bonds. The smallest absolute Gasteiger partial charge is 0.229 e. The Morgan fingerprint density at radius 3 is 2.80 bits per heavy atom. The van der Waals surface area contributed by atoms with Crippen LogP contribution in [0.5, 0.6) is 0 Å². The fourth-order valence-corrected chi connectivity index (χ4v) is 4.36. The molecule has 142 valence electrons. The SMILES string of the molecule is CC1CN(Cc2csc(NC(=O)[C@H]3CCN[C@@H](C)C3)n2)CC(C)O1.Cl. The molecular weight excluding hydrogens is 360 g/mol. The summed E-state index contributed by atoms with van der Waals surface area (Å²) in [5, 5.41) is 9.15. The van der Waals surface area contributed by atoms with Crippen LogP contribution < -0.4 is 10.6 Å². The van der Waals surface area contributed by atoms with Crippen molar-refractivity contribution >= 4 is 34.8 Å². The van der Waals surface area contributed by atoms with Crippen LogP contribution in [0.15, 0.2) is 5.38 Å². The summed E-state index contributed by atoms with van der Waals surface area (Å²) in [6, 6.07) is 0.409. The number of halogens is 1.